The van der Waals surface area contributed by atoms with E-state index in [2.05, 4.69) is 31.4 Å². The van der Waals surface area contributed by atoms with Crippen molar-refractivity contribution in [3.63, 3.8) is 0 Å². The van der Waals surface area contributed by atoms with Crippen LogP contribution in [0.1, 0.15) is 12.5 Å². The number of methoxy groups -OCH3 is 1. The summed E-state index contributed by atoms with van der Waals surface area (Å²) in [5, 5.41) is 5.13. The molecule has 0 aliphatic rings. The predicted octanol–water partition coefficient (Wildman–Crippen LogP) is 4.79. The van der Waals surface area contributed by atoms with Crippen LogP contribution in [0, 0.1) is 0 Å². The Morgan fingerprint density at radius 1 is 1.09 bits per heavy atom. The van der Waals surface area contributed by atoms with Gasteiger partial charge in [0.1, 0.15) is 5.75 Å². The molecule has 7 nitrogen and oxygen atoms in total. The first kappa shape index (κ1) is 23.7. The van der Waals surface area contributed by atoms with E-state index < -0.39 is 0 Å². The molecule has 0 unspecified atom stereocenters. The van der Waals surface area contributed by atoms with Crippen LogP contribution in [-0.4, -0.2) is 34.0 Å². The van der Waals surface area contributed by atoms with Gasteiger partial charge in [-0.15, -0.1) is 0 Å². The SMILES string of the molecule is COc1ccc(/C(C)=N/NC(=O)CSc2nc3ccccc3c(=O)n2-c2ccc(Br)cc2)cc1. The van der Waals surface area contributed by atoms with Crippen LogP contribution in [0.4, 0.5) is 0 Å². The van der Waals surface area contributed by atoms with Crippen molar-refractivity contribution in [2.75, 3.05) is 12.9 Å². The van der Waals surface area contributed by atoms with Gasteiger partial charge in [-0.3, -0.25) is 14.2 Å². The lowest BCUT2D eigenvalue weighted by Crippen LogP contribution is -2.24. The lowest BCUT2D eigenvalue weighted by atomic mass is 10.1. The fourth-order valence-corrected chi connectivity index (χ4v) is 4.30. The molecule has 4 rings (SSSR count). The zero-order chi connectivity index (χ0) is 24.1. The van der Waals surface area contributed by atoms with Crippen molar-refractivity contribution < 1.29 is 9.53 Å². The van der Waals surface area contributed by atoms with Gasteiger partial charge in [0.05, 0.1) is 35.2 Å². The summed E-state index contributed by atoms with van der Waals surface area (Å²) in [6.45, 7) is 1.81. The van der Waals surface area contributed by atoms with Crippen molar-refractivity contribution in [3.05, 3.63) is 93.2 Å². The molecule has 34 heavy (non-hydrogen) atoms. The molecule has 0 saturated carbocycles. The van der Waals surface area contributed by atoms with E-state index in [-0.39, 0.29) is 17.2 Å². The van der Waals surface area contributed by atoms with E-state index in [9.17, 15) is 9.59 Å². The lowest BCUT2D eigenvalue weighted by Gasteiger charge is -2.13. The van der Waals surface area contributed by atoms with Crippen molar-refractivity contribution in [1.82, 2.24) is 15.0 Å². The predicted molar refractivity (Wildman–Crippen MR) is 139 cm³/mol. The maximum absolute atomic E-state index is 13.3. The van der Waals surface area contributed by atoms with Crippen molar-refractivity contribution in [1.29, 1.82) is 0 Å². The molecule has 0 aliphatic heterocycles. The van der Waals surface area contributed by atoms with Crippen molar-refractivity contribution in [3.8, 4) is 11.4 Å². The second kappa shape index (κ2) is 10.7. The first-order valence-electron chi connectivity index (χ1n) is 10.3. The topological polar surface area (TPSA) is 85.6 Å². The normalized spacial score (nSPS) is 11.4. The number of amides is 1. The van der Waals surface area contributed by atoms with Gasteiger partial charge in [0.2, 0.25) is 0 Å². The molecule has 4 aromatic rings. The van der Waals surface area contributed by atoms with Gasteiger partial charge < -0.3 is 4.74 Å². The molecule has 1 aromatic heterocycles. The fraction of sp³-hybridized carbons (Fsp3) is 0.120. The second-order valence-corrected chi connectivity index (χ2v) is 9.14. The van der Waals surface area contributed by atoms with Gasteiger partial charge >= 0.3 is 0 Å². The number of halogens is 1. The summed E-state index contributed by atoms with van der Waals surface area (Å²) >= 11 is 4.60. The number of fused-ring (bicyclic) bond motifs is 1. The number of benzene rings is 3. The second-order valence-electron chi connectivity index (χ2n) is 7.28. The summed E-state index contributed by atoms with van der Waals surface area (Å²) in [6, 6.07) is 21.9. The molecule has 9 heteroatoms. The van der Waals surface area contributed by atoms with Crippen LogP contribution in [0.3, 0.4) is 0 Å². The molecule has 1 N–H and O–H groups in total. The molecule has 0 spiro atoms. The van der Waals surface area contributed by atoms with Crippen molar-refractivity contribution >= 4 is 50.2 Å². The van der Waals surface area contributed by atoms with Gasteiger partial charge in [-0.1, -0.05) is 39.8 Å². The fourth-order valence-electron chi connectivity index (χ4n) is 3.23. The monoisotopic (exact) mass is 536 g/mol. The number of para-hydroxylation sites is 1. The number of aromatic nitrogens is 2. The van der Waals surface area contributed by atoms with Crippen LogP contribution < -0.4 is 15.7 Å². The van der Waals surface area contributed by atoms with E-state index in [1.165, 1.54) is 16.3 Å². The zero-order valence-corrected chi connectivity index (χ0v) is 20.9. The zero-order valence-electron chi connectivity index (χ0n) is 18.5. The van der Waals surface area contributed by atoms with Crippen LogP contribution >= 0.6 is 27.7 Å². The smallest absolute Gasteiger partial charge is 0.266 e. The van der Waals surface area contributed by atoms with Crippen LogP contribution in [0.2, 0.25) is 0 Å². The van der Waals surface area contributed by atoms with Crippen LogP contribution in [0.15, 0.2) is 92.3 Å². The van der Waals surface area contributed by atoms with Crippen molar-refractivity contribution in [2.45, 2.75) is 12.1 Å². The molecule has 0 radical (unpaired) electrons. The maximum atomic E-state index is 13.3. The Morgan fingerprint density at radius 2 is 1.79 bits per heavy atom. The Morgan fingerprint density at radius 3 is 2.50 bits per heavy atom. The molecule has 3 aromatic carbocycles. The highest BCUT2D eigenvalue weighted by molar-refractivity contribution is 9.10. The Labute approximate surface area is 209 Å². The van der Waals surface area contributed by atoms with E-state index in [4.69, 9.17) is 4.74 Å². The highest BCUT2D eigenvalue weighted by Crippen LogP contribution is 2.22. The van der Waals surface area contributed by atoms with Gasteiger partial charge in [-0.2, -0.15) is 5.10 Å². The summed E-state index contributed by atoms with van der Waals surface area (Å²) in [4.78, 5) is 30.4. The Kier molecular flexibility index (Phi) is 7.44. The molecule has 0 fully saturated rings. The molecular weight excluding hydrogens is 516 g/mol. The summed E-state index contributed by atoms with van der Waals surface area (Å²) in [7, 11) is 1.61. The standard InChI is InChI=1S/C25H21BrN4O3S/c1-16(17-7-13-20(33-2)14-8-17)28-29-23(31)15-34-25-27-22-6-4-3-5-21(22)24(32)30(25)19-11-9-18(26)10-12-19/h3-14H,15H2,1-2H3,(H,29,31)/b28-16+. The Balaban J connectivity index is 1.55. The average Bonchev–Trinajstić information content (AvgIpc) is 2.87. The molecule has 1 amide bonds. The van der Waals surface area contributed by atoms with Gasteiger partial charge in [0, 0.05) is 4.47 Å². The minimum absolute atomic E-state index is 0.0424. The van der Waals surface area contributed by atoms with Crippen LogP contribution in [-0.2, 0) is 4.79 Å². The van der Waals surface area contributed by atoms with Gasteiger partial charge in [-0.25, -0.2) is 10.4 Å². The number of ether oxygens (including phenoxy) is 1. The van der Waals surface area contributed by atoms with E-state index in [1.54, 1.807) is 25.3 Å². The number of thioether (sulfide) groups is 1. The number of nitrogens with zero attached hydrogens (tertiary/aromatic N) is 3. The minimum atomic E-state index is -0.303. The molecule has 0 bridgehead atoms. The first-order valence-corrected chi connectivity index (χ1v) is 12.1. The van der Waals surface area contributed by atoms with E-state index in [0.717, 1.165) is 15.8 Å². The highest BCUT2D eigenvalue weighted by Gasteiger charge is 2.15. The van der Waals surface area contributed by atoms with Gasteiger partial charge in [0.15, 0.2) is 5.16 Å². The summed E-state index contributed by atoms with van der Waals surface area (Å²) < 4.78 is 7.58. The molecule has 172 valence electrons. The number of hydrazone groups is 1. The van der Waals surface area contributed by atoms with Gasteiger partial charge in [-0.05, 0) is 73.2 Å². The van der Waals surface area contributed by atoms with E-state index in [0.29, 0.717) is 27.5 Å². The average molecular weight is 537 g/mol. The van der Waals surface area contributed by atoms with Crippen LogP contribution in [0.25, 0.3) is 16.6 Å². The van der Waals surface area contributed by atoms with Gasteiger partial charge in [0.25, 0.3) is 11.5 Å². The molecule has 1 heterocycles. The summed E-state index contributed by atoms with van der Waals surface area (Å²) in [5.41, 5.74) is 5.17. The number of hydrogen-bond donors (Lipinski definition) is 1. The van der Waals surface area contributed by atoms with E-state index >= 15 is 0 Å². The molecular formula is C25H21BrN4O3S. The minimum Gasteiger partial charge on any atom is -0.497 e. The summed E-state index contributed by atoms with van der Waals surface area (Å²) in [5.74, 6) is 0.486. The molecule has 0 atom stereocenters. The highest BCUT2D eigenvalue weighted by atomic mass is 79.9. The van der Waals surface area contributed by atoms with Crippen LogP contribution in [0.5, 0.6) is 5.75 Å². The number of hydrogen-bond acceptors (Lipinski definition) is 6. The number of rotatable bonds is 7. The number of carbonyl (C=O) groups is 1. The Bertz CT molecular complexity index is 1420. The Hall–Kier alpha value is -3.43. The first-order chi connectivity index (χ1) is 16.5. The van der Waals surface area contributed by atoms with Crippen molar-refractivity contribution in [2.24, 2.45) is 5.10 Å². The largest absolute Gasteiger partial charge is 0.497 e. The summed E-state index contributed by atoms with van der Waals surface area (Å²) in [6.07, 6.45) is 0. The maximum Gasteiger partial charge on any atom is 0.266 e. The number of carbonyl (C=O) groups excluding carboxylic acids is 1. The molecule has 0 saturated heterocycles. The third-order valence-corrected chi connectivity index (χ3v) is 6.49. The van der Waals surface area contributed by atoms with E-state index in [1.807, 2.05) is 61.5 Å². The third kappa shape index (κ3) is 5.37. The molecule has 0 aliphatic carbocycles. The lowest BCUT2D eigenvalue weighted by molar-refractivity contribution is -0.118. The quantitative estimate of drug-likeness (QED) is 0.159. The third-order valence-electron chi connectivity index (χ3n) is 5.02. The number of nitrogens with one attached hydrogen (secondary N) is 1.